The van der Waals surface area contributed by atoms with Crippen molar-refractivity contribution in [1.82, 2.24) is 19.1 Å². The molecule has 0 spiro atoms. The second-order valence-corrected chi connectivity index (χ2v) is 4.89. The van der Waals surface area contributed by atoms with Gasteiger partial charge in [-0.1, -0.05) is 30.3 Å². The fraction of sp³-hybridized carbons (Fsp3) is 0.133. The van der Waals surface area contributed by atoms with E-state index in [4.69, 9.17) is 0 Å². The average Bonchev–Trinajstić information content (AvgIpc) is 3.03. The van der Waals surface area contributed by atoms with Gasteiger partial charge >= 0.3 is 0 Å². The van der Waals surface area contributed by atoms with Crippen LogP contribution in [-0.2, 0) is 14.1 Å². The molecule has 1 aromatic carbocycles. The largest absolute Gasteiger partial charge is 0.329 e. The Balaban J connectivity index is 1.85. The molecule has 0 aliphatic heterocycles. The van der Waals surface area contributed by atoms with Crippen LogP contribution in [0.5, 0.6) is 0 Å². The molecule has 22 heavy (non-hydrogen) atoms. The average molecular weight is 299 g/mol. The number of anilines is 1. The van der Waals surface area contributed by atoms with Gasteiger partial charge < -0.3 is 14.5 Å². The summed E-state index contributed by atoms with van der Waals surface area (Å²) in [5, 5.41) is 2.53. The van der Waals surface area contributed by atoms with E-state index in [1.54, 1.807) is 17.8 Å². The lowest BCUT2D eigenvalue weighted by Gasteiger charge is -2.00. The molecule has 0 bridgehead atoms. The predicted octanol–water partition coefficient (Wildman–Crippen LogP) is 2.21. The third-order valence-electron chi connectivity index (χ3n) is 3.21. The SMILES string of the molecule is Cn1cc(NC(=O)c2nc(-c3ccccc3)cn2C)nc1F. The number of aryl methyl sites for hydroxylation is 2. The summed E-state index contributed by atoms with van der Waals surface area (Å²) >= 11 is 0. The van der Waals surface area contributed by atoms with Gasteiger partial charge in [-0.3, -0.25) is 4.79 Å². The summed E-state index contributed by atoms with van der Waals surface area (Å²) < 4.78 is 16.0. The van der Waals surface area contributed by atoms with Gasteiger partial charge in [-0.05, 0) is 0 Å². The minimum Gasteiger partial charge on any atom is -0.329 e. The van der Waals surface area contributed by atoms with Crippen molar-refractivity contribution in [3.63, 3.8) is 0 Å². The minimum absolute atomic E-state index is 0.147. The van der Waals surface area contributed by atoms with Crippen LogP contribution in [0, 0.1) is 6.08 Å². The second kappa shape index (κ2) is 5.44. The van der Waals surface area contributed by atoms with Gasteiger partial charge in [0.05, 0.1) is 11.9 Å². The number of nitrogens with zero attached hydrogens (tertiary/aromatic N) is 4. The Morgan fingerprint density at radius 3 is 2.45 bits per heavy atom. The number of hydrogen-bond acceptors (Lipinski definition) is 3. The van der Waals surface area contributed by atoms with Crippen LogP contribution in [0.2, 0.25) is 0 Å². The molecule has 1 amide bonds. The summed E-state index contributed by atoms with van der Waals surface area (Å²) in [5.41, 5.74) is 1.61. The third kappa shape index (κ3) is 2.60. The van der Waals surface area contributed by atoms with Crippen molar-refractivity contribution >= 4 is 11.7 Å². The molecule has 0 saturated heterocycles. The maximum absolute atomic E-state index is 13.2. The van der Waals surface area contributed by atoms with Gasteiger partial charge in [0.25, 0.3) is 12.0 Å². The van der Waals surface area contributed by atoms with Crippen molar-refractivity contribution in [3.8, 4) is 11.3 Å². The van der Waals surface area contributed by atoms with Gasteiger partial charge in [-0.15, -0.1) is 0 Å². The predicted molar refractivity (Wildman–Crippen MR) is 79.8 cm³/mol. The molecule has 0 aliphatic carbocycles. The number of nitrogens with one attached hydrogen (secondary N) is 1. The Morgan fingerprint density at radius 1 is 1.09 bits per heavy atom. The number of carbonyl (C=O) groups is 1. The summed E-state index contributed by atoms with van der Waals surface area (Å²) in [6.45, 7) is 0. The van der Waals surface area contributed by atoms with Crippen LogP contribution >= 0.6 is 0 Å². The molecule has 6 nitrogen and oxygen atoms in total. The van der Waals surface area contributed by atoms with Crippen LogP contribution in [0.15, 0.2) is 42.7 Å². The molecule has 0 radical (unpaired) electrons. The van der Waals surface area contributed by atoms with E-state index in [0.717, 1.165) is 5.56 Å². The Morgan fingerprint density at radius 2 is 1.82 bits per heavy atom. The van der Waals surface area contributed by atoms with E-state index in [9.17, 15) is 9.18 Å². The number of amides is 1. The van der Waals surface area contributed by atoms with Crippen molar-refractivity contribution in [2.24, 2.45) is 14.1 Å². The van der Waals surface area contributed by atoms with Crippen LogP contribution < -0.4 is 5.32 Å². The first kappa shape index (κ1) is 14.0. The van der Waals surface area contributed by atoms with Crippen LogP contribution in [0.4, 0.5) is 10.2 Å². The molecule has 112 valence electrons. The van der Waals surface area contributed by atoms with Crippen LogP contribution in [-0.4, -0.2) is 25.0 Å². The number of hydrogen-bond donors (Lipinski definition) is 1. The lowest BCUT2D eigenvalue weighted by molar-refractivity contribution is 0.101. The number of imidazole rings is 2. The Labute approximate surface area is 126 Å². The standard InChI is InChI=1S/C15H14FN5O/c1-20-8-11(10-6-4-3-5-7-10)17-13(20)14(22)18-12-9-21(2)15(16)19-12/h3-9H,1-2H3,(H,18,22). The minimum atomic E-state index is -0.667. The first-order valence-corrected chi connectivity index (χ1v) is 6.63. The summed E-state index contributed by atoms with van der Waals surface area (Å²) in [7, 11) is 3.24. The summed E-state index contributed by atoms with van der Waals surface area (Å²) in [6, 6.07) is 9.55. The van der Waals surface area contributed by atoms with E-state index >= 15 is 0 Å². The first-order valence-electron chi connectivity index (χ1n) is 6.63. The van der Waals surface area contributed by atoms with Crippen molar-refractivity contribution in [2.75, 3.05) is 5.32 Å². The Bertz CT molecular complexity index is 802. The maximum Gasteiger partial charge on any atom is 0.292 e. The highest BCUT2D eigenvalue weighted by molar-refractivity contribution is 6.01. The van der Waals surface area contributed by atoms with E-state index < -0.39 is 12.0 Å². The number of rotatable bonds is 3. The quantitative estimate of drug-likeness (QED) is 0.806. The van der Waals surface area contributed by atoms with Crippen molar-refractivity contribution in [3.05, 3.63) is 54.6 Å². The highest BCUT2D eigenvalue weighted by Gasteiger charge is 2.16. The highest BCUT2D eigenvalue weighted by Crippen LogP contribution is 2.18. The molecule has 3 aromatic rings. The van der Waals surface area contributed by atoms with Crippen LogP contribution in [0.1, 0.15) is 10.6 Å². The smallest absolute Gasteiger partial charge is 0.292 e. The van der Waals surface area contributed by atoms with E-state index in [0.29, 0.717) is 5.69 Å². The molecule has 3 rings (SSSR count). The molecular formula is C15H14FN5O. The number of halogens is 1. The van der Waals surface area contributed by atoms with Crippen LogP contribution in [0.25, 0.3) is 11.3 Å². The normalized spacial score (nSPS) is 10.7. The van der Waals surface area contributed by atoms with Gasteiger partial charge in [-0.2, -0.15) is 9.37 Å². The van der Waals surface area contributed by atoms with Crippen LogP contribution in [0.3, 0.4) is 0 Å². The monoisotopic (exact) mass is 299 g/mol. The fourth-order valence-electron chi connectivity index (χ4n) is 2.10. The molecule has 0 unspecified atom stereocenters. The summed E-state index contributed by atoms with van der Waals surface area (Å²) in [6.07, 6.45) is 2.50. The zero-order valence-electron chi connectivity index (χ0n) is 12.1. The Hall–Kier alpha value is -2.96. The lowest BCUT2D eigenvalue weighted by Crippen LogP contribution is -2.17. The molecule has 0 saturated carbocycles. The Kier molecular flexibility index (Phi) is 3.46. The molecule has 2 aromatic heterocycles. The second-order valence-electron chi connectivity index (χ2n) is 4.89. The maximum atomic E-state index is 13.2. The molecule has 0 fully saturated rings. The number of benzene rings is 1. The van der Waals surface area contributed by atoms with Crippen molar-refractivity contribution in [2.45, 2.75) is 0 Å². The van der Waals surface area contributed by atoms with Crippen molar-refractivity contribution in [1.29, 1.82) is 0 Å². The van der Waals surface area contributed by atoms with Gasteiger partial charge in [0, 0.05) is 25.9 Å². The fourth-order valence-corrected chi connectivity index (χ4v) is 2.10. The van der Waals surface area contributed by atoms with E-state index in [1.165, 1.54) is 17.8 Å². The topological polar surface area (TPSA) is 64.7 Å². The lowest BCUT2D eigenvalue weighted by atomic mass is 10.2. The molecule has 0 aliphatic rings. The van der Waals surface area contributed by atoms with E-state index in [1.807, 2.05) is 30.3 Å². The van der Waals surface area contributed by atoms with E-state index in [2.05, 4.69) is 15.3 Å². The highest BCUT2D eigenvalue weighted by atomic mass is 19.1. The summed E-state index contributed by atoms with van der Waals surface area (Å²) in [4.78, 5) is 20.2. The zero-order valence-corrected chi connectivity index (χ0v) is 12.1. The molecule has 2 heterocycles. The first-order chi connectivity index (χ1) is 10.5. The van der Waals surface area contributed by atoms with E-state index in [-0.39, 0.29) is 11.6 Å². The molecule has 7 heteroatoms. The summed E-state index contributed by atoms with van der Waals surface area (Å²) in [5.74, 6) is -0.0676. The molecular weight excluding hydrogens is 285 g/mol. The zero-order chi connectivity index (χ0) is 15.7. The van der Waals surface area contributed by atoms with Gasteiger partial charge in [0.2, 0.25) is 0 Å². The molecule has 0 atom stereocenters. The molecule has 1 N–H and O–H groups in total. The van der Waals surface area contributed by atoms with Gasteiger partial charge in [0.15, 0.2) is 11.6 Å². The third-order valence-corrected chi connectivity index (χ3v) is 3.21. The number of aromatic nitrogens is 4. The van der Waals surface area contributed by atoms with Gasteiger partial charge in [0.1, 0.15) is 0 Å². The van der Waals surface area contributed by atoms with Crippen molar-refractivity contribution < 1.29 is 9.18 Å². The van der Waals surface area contributed by atoms with Gasteiger partial charge in [-0.25, -0.2) is 4.98 Å². The number of carbonyl (C=O) groups excluding carboxylic acids is 1.